The Kier molecular flexibility index (Phi) is 2.41. The summed E-state index contributed by atoms with van der Waals surface area (Å²) in [6, 6.07) is 0. The zero-order valence-electron chi connectivity index (χ0n) is 6.73. The minimum absolute atomic E-state index is 0.356. The predicted molar refractivity (Wildman–Crippen MR) is 36.0 cm³/mol. The molecule has 1 atom stereocenters. The molecule has 0 N–H and O–H groups in total. The number of esters is 4. The molecule has 13 heavy (non-hydrogen) atoms. The Balaban J connectivity index is 2.62. The largest absolute Gasteiger partial charge is 0.393 e. The van der Waals surface area contributed by atoms with Gasteiger partial charge in [0, 0.05) is 6.92 Å². The van der Waals surface area contributed by atoms with Crippen LogP contribution in [0.25, 0.3) is 0 Å². The maximum atomic E-state index is 10.9. The molecule has 1 saturated heterocycles. The molecule has 0 spiro atoms. The second kappa shape index (κ2) is 3.34. The fourth-order valence-electron chi connectivity index (χ4n) is 0.867. The van der Waals surface area contributed by atoms with Crippen LogP contribution in [0.1, 0.15) is 13.3 Å². The molecule has 1 heterocycles. The molecular weight excluding hydrogens is 180 g/mol. The maximum absolute atomic E-state index is 10.9. The fourth-order valence-corrected chi connectivity index (χ4v) is 0.867. The van der Waals surface area contributed by atoms with E-state index in [1.54, 1.807) is 0 Å². The van der Waals surface area contributed by atoms with Crippen molar-refractivity contribution in [1.82, 2.24) is 0 Å². The third-order valence-electron chi connectivity index (χ3n) is 1.40. The van der Waals surface area contributed by atoms with Crippen LogP contribution in [0.4, 0.5) is 0 Å². The first-order chi connectivity index (χ1) is 6.00. The number of carbonyl (C=O) groups excluding carboxylic acids is 4. The summed E-state index contributed by atoms with van der Waals surface area (Å²) >= 11 is 0. The van der Waals surface area contributed by atoms with Crippen molar-refractivity contribution < 1.29 is 28.7 Å². The van der Waals surface area contributed by atoms with E-state index >= 15 is 0 Å². The van der Waals surface area contributed by atoms with E-state index in [4.69, 9.17) is 0 Å². The van der Waals surface area contributed by atoms with Gasteiger partial charge in [-0.3, -0.25) is 19.2 Å². The van der Waals surface area contributed by atoms with Crippen LogP contribution in [0.3, 0.4) is 0 Å². The highest BCUT2D eigenvalue weighted by atomic mass is 16.6. The van der Waals surface area contributed by atoms with Crippen LogP contribution in [0, 0.1) is 5.92 Å². The Labute approximate surface area is 72.8 Å². The third-order valence-corrected chi connectivity index (χ3v) is 1.40. The second-order valence-electron chi connectivity index (χ2n) is 2.46. The normalized spacial score (nSPS) is 21.2. The first-order valence-electron chi connectivity index (χ1n) is 3.47. The lowest BCUT2D eigenvalue weighted by molar-refractivity contribution is -0.163. The second-order valence-corrected chi connectivity index (χ2v) is 2.46. The zero-order chi connectivity index (χ0) is 10.0. The predicted octanol–water partition coefficient (Wildman–Crippen LogP) is -0.834. The molecule has 0 aliphatic carbocycles. The molecule has 1 rings (SSSR count). The lowest BCUT2D eigenvalue weighted by Crippen LogP contribution is -2.23. The number of rotatable bonds is 1. The van der Waals surface area contributed by atoms with E-state index < -0.39 is 29.8 Å². The van der Waals surface area contributed by atoms with Crippen LogP contribution in [-0.4, -0.2) is 23.9 Å². The highest BCUT2D eigenvalue weighted by molar-refractivity contribution is 6.08. The lowest BCUT2D eigenvalue weighted by Gasteiger charge is -2.00. The van der Waals surface area contributed by atoms with Crippen molar-refractivity contribution in [3.63, 3.8) is 0 Å². The van der Waals surface area contributed by atoms with Gasteiger partial charge in [-0.1, -0.05) is 0 Å². The quantitative estimate of drug-likeness (QED) is 0.392. The Hall–Kier alpha value is -1.72. The summed E-state index contributed by atoms with van der Waals surface area (Å²) in [7, 11) is 0. The molecule has 1 unspecified atom stereocenters. The van der Waals surface area contributed by atoms with Crippen molar-refractivity contribution in [3.05, 3.63) is 0 Å². The molecule has 0 amide bonds. The van der Waals surface area contributed by atoms with Crippen molar-refractivity contribution in [2.75, 3.05) is 0 Å². The molecule has 0 aromatic heterocycles. The number of ether oxygens (including phenoxy) is 2. The Morgan fingerprint density at radius 3 is 2.46 bits per heavy atom. The van der Waals surface area contributed by atoms with Crippen LogP contribution in [0.15, 0.2) is 0 Å². The van der Waals surface area contributed by atoms with Gasteiger partial charge >= 0.3 is 23.9 Å². The molecule has 0 aromatic carbocycles. The van der Waals surface area contributed by atoms with Gasteiger partial charge in [0.2, 0.25) is 0 Å². The summed E-state index contributed by atoms with van der Waals surface area (Å²) in [4.78, 5) is 42.5. The summed E-state index contributed by atoms with van der Waals surface area (Å²) in [5.41, 5.74) is 0. The summed E-state index contributed by atoms with van der Waals surface area (Å²) in [5, 5.41) is 0. The van der Waals surface area contributed by atoms with E-state index in [-0.39, 0.29) is 6.42 Å². The number of hydrogen-bond acceptors (Lipinski definition) is 6. The molecule has 0 aromatic rings. The van der Waals surface area contributed by atoms with E-state index in [1.807, 2.05) is 0 Å². The lowest BCUT2D eigenvalue weighted by atomic mass is 10.1. The molecule has 0 radical (unpaired) electrons. The summed E-state index contributed by atoms with van der Waals surface area (Å²) in [6.07, 6.45) is -0.356. The summed E-state index contributed by atoms with van der Waals surface area (Å²) in [5.74, 6) is -4.89. The van der Waals surface area contributed by atoms with E-state index in [9.17, 15) is 19.2 Å². The molecule has 6 nitrogen and oxygen atoms in total. The first-order valence-corrected chi connectivity index (χ1v) is 3.47. The van der Waals surface area contributed by atoms with Crippen molar-refractivity contribution in [2.24, 2.45) is 5.92 Å². The van der Waals surface area contributed by atoms with Gasteiger partial charge in [0.15, 0.2) is 5.92 Å². The van der Waals surface area contributed by atoms with Gasteiger partial charge in [0.1, 0.15) is 0 Å². The zero-order valence-corrected chi connectivity index (χ0v) is 6.73. The fraction of sp³-hybridized carbons (Fsp3) is 0.429. The summed E-state index contributed by atoms with van der Waals surface area (Å²) in [6.45, 7) is 1.03. The van der Waals surface area contributed by atoms with Crippen LogP contribution in [0.5, 0.6) is 0 Å². The van der Waals surface area contributed by atoms with Gasteiger partial charge in [-0.15, -0.1) is 0 Å². The molecule has 0 bridgehead atoms. The van der Waals surface area contributed by atoms with Crippen molar-refractivity contribution in [3.8, 4) is 0 Å². The first kappa shape index (κ1) is 9.37. The van der Waals surface area contributed by atoms with E-state index in [0.717, 1.165) is 6.92 Å². The topological polar surface area (TPSA) is 86.7 Å². The molecule has 1 aliphatic rings. The molecule has 0 saturated carbocycles. The van der Waals surface area contributed by atoms with Crippen LogP contribution in [0.2, 0.25) is 0 Å². The average molecular weight is 186 g/mol. The minimum Gasteiger partial charge on any atom is -0.393 e. The monoisotopic (exact) mass is 186 g/mol. The Morgan fingerprint density at radius 1 is 1.46 bits per heavy atom. The van der Waals surface area contributed by atoms with Gasteiger partial charge in [-0.2, -0.15) is 0 Å². The highest BCUT2D eigenvalue weighted by Crippen LogP contribution is 2.17. The van der Waals surface area contributed by atoms with Crippen molar-refractivity contribution in [2.45, 2.75) is 13.3 Å². The number of cyclic esters (lactones) is 2. The van der Waals surface area contributed by atoms with Gasteiger partial charge in [-0.25, -0.2) is 0 Å². The number of hydrogen-bond donors (Lipinski definition) is 0. The Morgan fingerprint density at radius 2 is 2.08 bits per heavy atom. The third kappa shape index (κ3) is 2.11. The van der Waals surface area contributed by atoms with Crippen molar-refractivity contribution >= 4 is 23.9 Å². The molecule has 6 heteroatoms. The van der Waals surface area contributed by atoms with Gasteiger partial charge in [-0.05, 0) is 0 Å². The molecule has 70 valence electrons. The standard InChI is InChI=1S/C7H6O6/c1-3(8)12-6(10)4-2-5(9)13-7(4)11/h4H,2H2,1H3. The SMILES string of the molecule is CC(=O)OC(=O)C1CC(=O)OC1=O. The highest BCUT2D eigenvalue weighted by Gasteiger charge is 2.40. The molecule has 1 aliphatic heterocycles. The Bertz CT molecular complexity index is 291. The van der Waals surface area contributed by atoms with Crippen LogP contribution < -0.4 is 0 Å². The maximum Gasteiger partial charge on any atom is 0.328 e. The van der Waals surface area contributed by atoms with E-state index in [0.29, 0.717) is 0 Å². The minimum atomic E-state index is -1.28. The molecule has 1 fully saturated rings. The van der Waals surface area contributed by atoms with Gasteiger partial charge in [0.25, 0.3) is 0 Å². The van der Waals surface area contributed by atoms with Crippen molar-refractivity contribution in [1.29, 1.82) is 0 Å². The van der Waals surface area contributed by atoms with Gasteiger partial charge in [0.05, 0.1) is 6.42 Å². The smallest absolute Gasteiger partial charge is 0.328 e. The average Bonchev–Trinajstić information content (AvgIpc) is 2.28. The van der Waals surface area contributed by atoms with Crippen LogP contribution >= 0.6 is 0 Å². The van der Waals surface area contributed by atoms with Crippen LogP contribution in [-0.2, 0) is 28.7 Å². The van der Waals surface area contributed by atoms with E-state index in [2.05, 4.69) is 9.47 Å². The van der Waals surface area contributed by atoms with E-state index in [1.165, 1.54) is 0 Å². The molecular formula is C7H6O6. The number of carbonyl (C=O) groups is 4. The summed E-state index contributed by atoms with van der Waals surface area (Å²) < 4.78 is 8.21. The van der Waals surface area contributed by atoms with Gasteiger partial charge < -0.3 is 9.47 Å².